The van der Waals surface area contributed by atoms with Crippen LogP contribution in [0.5, 0.6) is 0 Å². The Bertz CT molecular complexity index is 636. The van der Waals surface area contributed by atoms with E-state index in [2.05, 4.69) is 20.2 Å². The number of likely N-dealkylation sites (tertiary alicyclic amines) is 1. The van der Waals surface area contributed by atoms with Crippen molar-refractivity contribution in [3.8, 4) is 0 Å². The average Bonchev–Trinajstić information content (AvgIpc) is 2.50. The number of rotatable bonds is 4. The van der Waals surface area contributed by atoms with E-state index in [1.165, 1.54) is 12.1 Å². The van der Waals surface area contributed by atoms with Crippen LogP contribution in [0.15, 0.2) is 30.3 Å². The number of piperidine rings is 1. The van der Waals surface area contributed by atoms with Gasteiger partial charge in [-0.25, -0.2) is 9.37 Å². The van der Waals surface area contributed by atoms with Crippen LogP contribution in [0.3, 0.4) is 0 Å². The van der Waals surface area contributed by atoms with E-state index in [4.69, 9.17) is 17.3 Å². The zero-order chi connectivity index (χ0) is 16.2. The standard InChI is InChI=1S/C16H19ClFN5/c17-14-9-15(22-16(19)21-14)20-13-5-7-23(8-6-13)10-11-1-3-12(18)4-2-11/h1-4,9,13H,5-8,10H2,(H3,19,20,21,22). The van der Waals surface area contributed by atoms with Gasteiger partial charge in [-0.15, -0.1) is 0 Å². The number of nitrogens with zero attached hydrogens (tertiary/aromatic N) is 3. The van der Waals surface area contributed by atoms with Crippen molar-refractivity contribution >= 4 is 23.4 Å². The van der Waals surface area contributed by atoms with Crippen molar-refractivity contribution < 1.29 is 4.39 Å². The number of halogens is 2. The lowest BCUT2D eigenvalue weighted by Gasteiger charge is -2.32. The molecular weight excluding hydrogens is 317 g/mol. The molecule has 0 radical (unpaired) electrons. The first-order valence-electron chi connectivity index (χ1n) is 7.62. The number of benzene rings is 1. The van der Waals surface area contributed by atoms with Gasteiger partial charge in [0.25, 0.3) is 0 Å². The smallest absolute Gasteiger partial charge is 0.223 e. The van der Waals surface area contributed by atoms with Crippen LogP contribution in [-0.2, 0) is 6.54 Å². The van der Waals surface area contributed by atoms with Crippen LogP contribution in [0.2, 0.25) is 5.15 Å². The molecule has 5 nitrogen and oxygen atoms in total. The number of nitrogens with one attached hydrogen (secondary N) is 1. The minimum atomic E-state index is -0.195. The number of anilines is 2. The Hall–Kier alpha value is -1.92. The predicted molar refractivity (Wildman–Crippen MR) is 89.8 cm³/mol. The fourth-order valence-corrected chi connectivity index (χ4v) is 2.99. The molecule has 7 heteroatoms. The van der Waals surface area contributed by atoms with E-state index >= 15 is 0 Å². The number of nitrogens with two attached hydrogens (primary N) is 1. The van der Waals surface area contributed by atoms with Gasteiger partial charge in [-0.2, -0.15) is 4.98 Å². The van der Waals surface area contributed by atoms with Crippen LogP contribution in [0.4, 0.5) is 16.2 Å². The van der Waals surface area contributed by atoms with Gasteiger partial charge in [0, 0.05) is 31.7 Å². The van der Waals surface area contributed by atoms with Gasteiger partial charge >= 0.3 is 0 Å². The second-order valence-electron chi connectivity index (χ2n) is 5.76. The van der Waals surface area contributed by atoms with Crippen molar-refractivity contribution in [2.75, 3.05) is 24.1 Å². The molecule has 0 spiro atoms. The van der Waals surface area contributed by atoms with Gasteiger partial charge in [0.1, 0.15) is 16.8 Å². The monoisotopic (exact) mass is 335 g/mol. The first-order chi connectivity index (χ1) is 11.1. The van der Waals surface area contributed by atoms with E-state index in [0.29, 0.717) is 17.0 Å². The molecule has 122 valence electrons. The van der Waals surface area contributed by atoms with E-state index in [1.54, 1.807) is 6.07 Å². The van der Waals surface area contributed by atoms with Crippen LogP contribution < -0.4 is 11.1 Å². The first-order valence-corrected chi connectivity index (χ1v) is 8.00. The highest BCUT2D eigenvalue weighted by Crippen LogP contribution is 2.19. The summed E-state index contributed by atoms with van der Waals surface area (Å²) in [6.07, 6.45) is 2.01. The number of nitrogen functional groups attached to an aromatic ring is 1. The van der Waals surface area contributed by atoms with Crippen molar-refractivity contribution in [3.63, 3.8) is 0 Å². The topological polar surface area (TPSA) is 67.1 Å². The van der Waals surface area contributed by atoms with Gasteiger partial charge < -0.3 is 11.1 Å². The van der Waals surface area contributed by atoms with Crippen molar-refractivity contribution in [1.82, 2.24) is 14.9 Å². The molecule has 0 unspecified atom stereocenters. The Morgan fingerprint density at radius 2 is 1.91 bits per heavy atom. The van der Waals surface area contributed by atoms with Crippen molar-refractivity contribution in [2.24, 2.45) is 0 Å². The van der Waals surface area contributed by atoms with E-state index in [-0.39, 0.29) is 11.8 Å². The molecule has 2 aromatic rings. The maximum atomic E-state index is 12.9. The zero-order valence-corrected chi connectivity index (χ0v) is 13.4. The minimum Gasteiger partial charge on any atom is -0.368 e. The Morgan fingerprint density at radius 3 is 2.57 bits per heavy atom. The third-order valence-corrected chi connectivity index (χ3v) is 4.16. The summed E-state index contributed by atoms with van der Waals surface area (Å²) in [6.45, 7) is 2.80. The lowest BCUT2D eigenvalue weighted by molar-refractivity contribution is 0.211. The van der Waals surface area contributed by atoms with E-state index in [1.807, 2.05) is 12.1 Å². The molecule has 2 heterocycles. The summed E-state index contributed by atoms with van der Waals surface area (Å²) < 4.78 is 12.9. The maximum absolute atomic E-state index is 12.9. The van der Waals surface area contributed by atoms with Gasteiger partial charge in [0.05, 0.1) is 0 Å². The molecule has 1 saturated heterocycles. The molecule has 0 bridgehead atoms. The molecule has 1 aromatic carbocycles. The second-order valence-corrected chi connectivity index (χ2v) is 6.14. The van der Waals surface area contributed by atoms with Crippen LogP contribution >= 0.6 is 11.6 Å². The van der Waals surface area contributed by atoms with Crippen molar-refractivity contribution in [1.29, 1.82) is 0 Å². The fourth-order valence-electron chi connectivity index (χ4n) is 2.80. The second kappa shape index (κ2) is 7.10. The molecular formula is C16H19ClFN5. The molecule has 0 saturated carbocycles. The van der Waals surface area contributed by atoms with Gasteiger partial charge in [-0.3, -0.25) is 4.90 Å². The molecule has 3 N–H and O–H groups in total. The largest absolute Gasteiger partial charge is 0.368 e. The summed E-state index contributed by atoms with van der Waals surface area (Å²) in [5.41, 5.74) is 6.73. The summed E-state index contributed by atoms with van der Waals surface area (Å²) in [6, 6.07) is 8.71. The lowest BCUT2D eigenvalue weighted by Crippen LogP contribution is -2.38. The number of hydrogen-bond acceptors (Lipinski definition) is 5. The van der Waals surface area contributed by atoms with Gasteiger partial charge in [0.15, 0.2) is 0 Å². The van der Waals surface area contributed by atoms with E-state index < -0.39 is 0 Å². The lowest BCUT2D eigenvalue weighted by atomic mass is 10.0. The number of hydrogen-bond donors (Lipinski definition) is 2. The summed E-state index contributed by atoms with van der Waals surface area (Å²) in [7, 11) is 0. The highest BCUT2D eigenvalue weighted by molar-refractivity contribution is 6.29. The molecule has 3 rings (SSSR count). The van der Waals surface area contributed by atoms with Gasteiger partial charge in [-0.05, 0) is 30.5 Å². The highest BCUT2D eigenvalue weighted by Gasteiger charge is 2.19. The van der Waals surface area contributed by atoms with Gasteiger partial charge in [-0.1, -0.05) is 23.7 Å². The minimum absolute atomic E-state index is 0.175. The van der Waals surface area contributed by atoms with Crippen LogP contribution in [-0.4, -0.2) is 34.0 Å². The molecule has 0 amide bonds. The Balaban J connectivity index is 1.51. The molecule has 1 aliphatic rings. The number of aromatic nitrogens is 2. The van der Waals surface area contributed by atoms with Crippen molar-refractivity contribution in [2.45, 2.75) is 25.4 Å². The highest BCUT2D eigenvalue weighted by atomic mass is 35.5. The Labute approximate surface area is 139 Å². The predicted octanol–water partition coefficient (Wildman–Crippen LogP) is 2.93. The normalized spacial score (nSPS) is 16.4. The summed E-state index contributed by atoms with van der Waals surface area (Å²) in [5.74, 6) is 0.646. The molecule has 1 aromatic heterocycles. The summed E-state index contributed by atoms with van der Waals surface area (Å²) in [5, 5.41) is 3.70. The molecule has 0 aliphatic carbocycles. The summed E-state index contributed by atoms with van der Waals surface area (Å²) in [4.78, 5) is 10.4. The molecule has 0 atom stereocenters. The Kier molecular flexibility index (Phi) is 4.93. The molecule has 1 fully saturated rings. The van der Waals surface area contributed by atoms with Crippen LogP contribution in [0.25, 0.3) is 0 Å². The van der Waals surface area contributed by atoms with Crippen molar-refractivity contribution in [3.05, 3.63) is 46.9 Å². The molecule has 23 heavy (non-hydrogen) atoms. The Morgan fingerprint density at radius 1 is 1.22 bits per heavy atom. The van der Waals surface area contributed by atoms with Gasteiger partial charge in [0.2, 0.25) is 5.95 Å². The fraction of sp³-hybridized carbons (Fsp3) is 0.375. The maximum Gasteiger partial charge on any atom is 0.223 e. The zero-order valence-electron chi connectivity index (χ0n) is 12.7. The molecule has 1 aliphatic heterocycles. The SMILES string of the molecule is Nc1nc(Cl)cc(NC2CCN(Cc3ccc(F)cc3)CC2)n1. The average molecular weight is 336 g/mol. The quantitative estimate of drug-likeness (QED) is 0.841. The third kappa shape index (κ3) is 4.53. The van der Waals surface area contributed by atoms with Crippen LogP contribution in [0, 0.1) is 5.82 Å². The third-order valence-electron chi connectivity index (χ3n) is 3.97. The van der Waals surface area contributed by atoms with Crippen LogP contribution in [0.1, 0.15) is 18.4 Å². The van der Waals surface area contributed by atoms with E-state index in [0.717, 1.165) is 38.0 Å². The first kappa shape index (κ1) is 16.0. The van der Waals surface area contributed by atoms with E-state index in [9.17, 15) is 4.39 Å². The summed E-state index contributed by atoms with van der Waals surface area (Å²) >= 11 is 5.89.